The molecule has 0 radical (unpaired) electrons. The van der Waals surface area contributed by atoms with E-state index in [-0.39, 0.29) is 6.10 Å². The van der Waals surface area contributed by atoms with Crippen molar-refractivity contribution in [2.45, 2.75) is 84.3 Å². The van der Waals surface area contributed by atoms with Gasteiger partial charge in [-0.05, 0) is 30.7 Å². The highest BCUT2D eigenvalue weighted by atomic mass is 16.5. The SMILES string of the molecule is CCCCCCC(C)C(O)CCCCCOCc1ccccc1. The van der Waals surface area contributed by atoms with E-state index in [1.165, 1.54) is 37.7 Å². The molecule has 0 amide bonds. The zero-order chi connectivity index (χ0) is 16.8. The quantitative estimate of drug-likeness (QED) is 0.443. The summed E-state index contributed by atoms with van der Waals surface area (Å²) in [5, 5.41) is 10.2. The van der Waals surface area contributed by atoms with Gasteiger partial charge >= 0.3 is 0 Å². The second-order valence-corrected chi connectivity index (χ2v) is 6.78. The first-order valence-electron chi connectivity index (χ1n) is 9.53. The molecule has 1 rings (SSSR count). The second-order valence-electron chi connectivity index (χ2n) is 6.78. The van der Waals surface area contributed by atoms with E-state index in [9.17, 15) is 5.11 Å². The van der Waals surface area contributed by atoms with Gasteiger partial charge in [0, 0.05) is 6.61 Å². The maximum Gasteiger partial charge on any atom is 0.0716 e. The molecule has 0 saturated carbocycles. The Morgan fingerprint density at radius 1 is 0.913 bits per heavy atom. The van der Waals surface area contributed by atoms with Crippen LogP contribution >= 0.6 is 0 Å². The molecule has 2 heteroatoms. The smallest absolute Gasteiger partial charge is 0.0716 e. The monoisotopic (exact) mass is 320 g/mol. The maximum atomic E-state index is 10.2. The molecule has 0 fully saturated rings. The fourth-order valence-electron chi connectivity index (χ4n) is 2.87. The number of ether oxygens (including phenoxy) is 1. The average molecular weight is 321 g/mol. The van der Waals surface area contributed by atoms with E-state index < -0.39 is 0 Å². The van der Waals surface area contributed by atoms with Gasteiger partial charge in [-0.3, -0.25) is 0 Å². The minimum atomic E-state index is -0.123. The van der Waals surface area contributed by atoms with E-state index in [0.717, 1.165) is 32.3 Å². The van der Waals surface area contributed by atoms with Gasteiger partial charge in [-0.1, -0.05) is 82.7 Å². The number of hydrogen-bond acceptors (Lipinski definition) is 2. The van der Waals surface area contributed by atoms with Gasteiger partial charge in [0.1, 0.15) is 0 Å². The Kier molecular flexibility index (Phi) is 11.9. The van der Waals surface area contributed by atoms with Gasteiger partial charge in [-0.2, -0.15) is 0 Å². The van der Waals surface area contributed by atoms with Crippen molar-refractivity contribution in [3.8, 4) is 0 Å². The number of hydrogen-bond donors (Lipinski definition) is 1. The standard InChI is InChI=1S/C21H36O2/c1-3-4-5-8-13-19(2)21(22)16-11-7-12-17-23-18-20-14-9-6-10-15-20/h6,9-10,14-15,19,21-22H,3-5,7-8,11-13,16-18H2,1-2H3. The molecule has 2 nitrogen and oxygen atoms in total. The third-order valence-electron chi connectivity index (χ3n) is 4.57. The average Bonchev–Trinajstić information content (AvgIpc) is 2.58. The van der Waals surface area contributed by atoms with Gasteiger partial charge in [0.05, 0.1) is 12.7 Å². The topological polar surface area (TPSA) is 29.5 Å². The minimum Gasteiger partial charge on any atom is -0.393 e. The first kappa shape index (κ1) is 20.2. The molecule has 0 bridgehead atoms. The number of aliphatic hydroxyl groups excluding tert-OH is 1. The normalized spacial score (nSPS) is 13.9. The summed E-state index contributed by atoms with van der Waals surface area (Å²) in [4.78, 5) is 0. The summed E-state index contributed by atoms with van der Waals surface area (Å²) in [6.07, 6.45) is 10.5. The summed E-state index contributed by atoms with van der Waals surface area (Å²) in [7, 11) is 0. The van der Waals surface area contributed by atoms with Crippen LogP contribution in [0.3, 0.4) is 0 Å². The predicted molar refractivity (Wildman–Crippen MR) is 98.5 cm³/mol. The zero-order valence-corrected chi connectivity index (χ0v) is 15.2. The molecule has 0 aliphatic rings. The first-order valence-corrected chi connectivity index (χ1v) is 9.53. The Bertz CT molecular complexity index is 363. The number of rotatable bonds is 14. The van der Waals surface area contributed by atoms with Crippen molar-refractivity contribution in [1.82, 2.24) is 0 Å². The van der Waals surface area contributed by atoms with Gasteiger partial charge in [0.2, 0.25) is 0 Å². The Hall–Kier alpha value is -0.860. The van der Waals surface area contributed by atoms with E-state index in [1.807, 2.05) is 18.2 Å². The van der Waals surface area contributed by atoms with Crippen LogP contribution in [0.4, 0.5) is 0 Å². The molecule has 1 N–H and O–H groups in total. The summed E-state index contributed by atoms with van der Waals surface area (Å²) in [6.45, 7) is 5.96. The van der Waals surface area contributed by atoms with Crippen LogP contribution in [0.5, 0.6) is 0 Å². The third-order valence-corrected chi connectivity index (χ3v) is 4.57. The summed E-state index contributed by atoms with van der Waals surface area (Å²) < 4.78 is 5.69. The minimum absolute atomic E-state index is 0.123. The van der Waals surface area contributed by atoms with Gasteiger partial charge in [0.25, 0.3) is 0 Å². The largest absolute Gasteiger partial charge is 0.393 e. The van der Waals surface area contributed by atoms with Crippen LogP contribution in [0.15, 0.2) is 30.3 Å². The predicted octanol–water partition coefficient (Wildman–Crippen LogP) is 5.73. The molecule has 132 valence electrons. The molecule has 0 aliphatic carbocycles. The molecule has 2 unspecified atom stereocenters. The number of benzene rings is 1. The third kappa shape index (κ3) is 10.5. The highest BCUT2D eigenvalue weighted by Gasteiger charge is 2.13. The first-order chi connectivity index (χ1) is 11.2. The highest BCUT2D eigenvalue weighted by Crippen LogP contribution is 2.18. The summed E-state index contributed by atoms with van der Waals surface area (Å²) in [5.41, 5.74) is 1.24. The van der Waals surface area contributed by atoms with E-state index in [2.05, 4.69) is 26.0 Å². The lowest BCUT2D eigenvalue weighted by molar-refractivity contribution is 0.0937. The number of aliphatic hydroxyl groups is 1. The van der Waals surface area contributed by atoms with E-state index >= 15 is 0 Å². The van der Waals surface area contributed by atoms with Crippen molar-refractivity contribution >= 4 is 0 Å². The lowest BCUT2D eigenvalue weighted by Gasteiger charge is -2.18. The second kappa shape index (κ2) is 13.6. The van der Waals surface area contributed by atoms with Crippen molar-refractivity contribution in [2.24, 2.45) is 5.92 Å². The highest BCUT2D eigenvalue weighted by molar-refractivity contribution is 5.13. The Balaban J connectivity index is 1.93. The van der Waals surface area contributed by atoms with Crippen LogP contribution in [-0.4, -0.2) is 17.8 Å². The molecular weight excluding hydrogens is 284 g/mol. The van der Waals surface area contributed by atoms with Crippen LogP contribution in [0.25, 0.3) is 0 Å². The van der Waals surface area contributed by atoms with Crippen LogP contribution in [0, 0.1) is 5.92 Å². The number of unbranched alkanes of at least 4 members (excludes halogenated alkanes) is 5. The maximum absolute atomic E-state index is 10.2. The van der Waals surface area contributed by atoms with Crippen LogP contribution < -0.4 is 0 Å². The van der Waals surface area contributed by atoms with E-state index in [4.69, 9.17) is 4.74 Å². The molecule has 0 saturated heterocycles. The Morgan fingerprint density at radius 3 is 2.35 bits per heavy atom. The van der Waals surface area contributed by atoms with E-state index in [0.29, 0.717) is 12.5 Å². The molecule has 23 heavy (non-hydrogen) atoms. The fourth-order valence-corrected chi connectivity index (χ4v) is 2.87. The van der Waals surface area contributed by atoms with Gasteiger partial charge in [-0.15, -0.1) is 0 Å². The lowest BCUT2D eigenvalue weighted by atomic mass is 9.93. The summed E-state index contributed by atoms with van der Waals surface area (Å²) in [5.74, 6) is 0.446. The summed E-state index contributed by atoms with van der Waals surface area (Å²) in [6, 6.07) is 10.3. The van der Waals surface area contributed by atoms with Crippen molar-refractivity contribution in [3.05, 3.63) is 35.9 Å². The van der Waals surface area contributed by atoms with Crippen molar-refractivity contribution < 1.29 is 9.84 Å². The van der Waals surface area contributed by atoms with E-state index in [1.54, 1.807) is 0 Å². The van der Waals surface area contributed by atoms with Crippen LogP contribution in [0.2, 0.25) is 0 Å². The molecule has 0 aromatic heterocycles. The Morgan fingerprint density at radius 2 is 1.61 bits per heavy atom. The van der Waals surface area contributed by atoms with Crippen LogP contribution in [0.1, 0.15) is 77.2 Å². The van der Waals surface area contributed by atoms with Gasteiger partial charge < -0.3 is 9.84 Å². The van der Waals surface area contributed by atoms with Gasteiger partial charge in [0.15, 0.2) is 0 Å². The lowest BCUT2D eigenvalue weighted by Crippen LogP contribution is -2.17. The molecule has 0 heterocycles. The zero-order valence-electron chi connectivity index (χ0n) is 15.2. The molecule has 1 aromatic rings. The van der Waals surface area contributed by atoms with Crippen molar-refractivity contribution in [3.63, 3.8) is 0 Å². The molecular formula is C21H36O2. The Labute approximate surface area is 143 Å². The summed E-state index contributed by atoms with van der Waals surface area (Å²) >= 11 is 0. The molecule has 2 atom stereocenters. The van der Waals surface area contributed by atoms with Crippen LogP contribution in [-0.2, 0) is 11.3 Å². The molecule has 0 aliphatic heterocycles. The van der Waals surface area contributed by atoms with Crippen molar-refractivity contribution in [2.75, 3.05) is 6.61 Å². The molecule has 0 spiro atoms. The fraction of sp³-hybridized carbons (Fsp3) is 0.714. The van der Waals surface area contributed by atoms with Crippen molar-refractivity contribution in [1.29, 1.82) is 0 Å². The van der Waals surface area contributed by atoms with Gasteiger partial charge in [-0.25, -0.2) is 0 Å². The molecule has 1 aromatic carbocycles.